The third kappa shape index (κ3) is 5.52. The topological polar surface area (TPSA) is 3.24 Å². The minimum absolute atomic E-state index is 0.548. The van der Waals surface area contributed by atoms with E-state index in [1.165, 1.54) is 88.0 Å². The molecule has 2 aliphatic carbocycles. The fraction of sp³-hybridized carbons (Fsp3) is 0.0312. The van der Waals surface area contributed by atoms with E-state index in [9.17, 15) is 0 Å². The molecule has 13 rings (SSSR count). The number of thiophene rings is 1. The highest BCUT2D eigenvalue weighted by Crippen LogP contribution is 2.63. The van der Waals surface area contributed by atoms with Crippen LogP contribution in [0.25, 0.3) is 43.5 Å². The predicted molar refractivity (Wildman–Crippen MR) is 277 cm³/mol. The summed E-state index contributed by atoms with van der Waals surface area (Å²) in [5.74, 6) is 0. The van der Waals surface area contributed by atoms with Gasteiger partial charge in [-0.1, -0.05) is 218 Å². The van der Waals surface area contributed by atoms with Crippen LogP contribution >= 0.6 is 11.3 Å². The maximum absolute atomic E-state index is 2.58. The van der Waals surface area contributed by atoms with E-state index in [-0.39, 0.29) is 0 Å². The molecule has 310 valence electrons. The minimum atomic E-state index is -0.618. The van der Waals surface area contributed by atoms with Crippen LogP contribution in [-0.2, 0) is 10.8 Å². The first kappa shape index (κ1) is 38.4. The number of rotatable bonds is 8. The molecule has 0 saturated carbocycles. The molecule has 1 aromatic heterocycles. The summed E-state index contributed by atoms with van der Waals surface area (Å²) < 4.78 is 1.30. The summed E-state index contributed by atoms with van der Waals surface area (Å²) in [6.45, 7) is 0. The lowest BCUT2D eigenvalue weighted by atomic mass is 9.67. The number of hydrogen-bond donors (Lipinski definition) is 0. The van der Waals surface area contributed by atoms with Gasteiger partial charge in [-0.15, -0.1) is 11.3 Å². The standard InChI is InChI=1S/C64H43NS/c1-5-19-47(20-6-1)63(48-21-7-2-8-22-48)56-31-16-14-28-54(56)61-57(63)32-18-33-58(61)65(51-39-37-44(38-40-51)46-36-35-45-41-42-66-60(45)43-46)59-34-17-29-53-52-27-13-15-30-55(52)64(62(53)59,49-23-9-3-10-24-49)50-25-11-4-12-26-50/h1-43H. The quantitative estimate of drug-likeness (QED) is 0.147. The molecule has 1 nitrogen and oxygen atoms in total. The SMILES string of the molecule is c1ccc(C2(c3ccccc3)c3ccccc3-c3c(N(c4ccc(-c5ccc6ccsc6c5)cc4)c4cccc5c4C(c4ccccc4)(c4ccccc4)c4ccccc4-5)cccc32)cc1. The Bertz CT molecular complexity index is 3490. The van der Waals surface area contributed by atoms with Crippen LogP contribution in [0.15, 0.2) is 260 Å². The highest BCUT2D eigenvalue weighted by Gasteiger charge is 2.50. The molecule has 0 spiro atoms. The van der Waals surface area contributed by atoms with Gasteiger partial charge in [-0.05, 0) is 114 Å². The molecule has 0 amide bonds. The van der Waals surface area contributed by atoms with Crippen molar-refractivity contribution in [2.24, 2.45) is 0 Å². The lowest BCUT2D eigenvalue weighted by Gasteiger charge is -2.38. The molecule has 0 fully saturated rings. The van der Waals surface area contributed by atoms with Crippen LogP contribution in [0.5, 0.6) is 0 Å². The Morgan fingerprint density at radius 3 is 1.45 bits per heavy atom. The lowest BCUT2D eigenvalue weighted by molar-refractivity contribution is 0.766. The summed E-state index contributed by atoms with van der Waals surface area (Å²) in [4.78, 5) is 2.58. The van der Waals surface area contributed by atoms with E-state index in [2.05, 4.69) is 265 Å². The van der Waals surface area contributed by atoms with E-state index in [0.717, 1.165) is 17.1 Å². The number of anilines is 3. The van der Waals surface area contributed by atoms with Gasteiger partial charge in [-0.25, -0.2) is 0 Å². The van der Waals surface area contributed by atoms with Gasteiger partial charge < -0.3 is 4.90 Å². The third-order valence-corrected chi connectivity index (χ3v) is 15.2. The first-order valence-corrected chi connectivity index (χ1v) is 23.7. The van der Waals surface area contributed by atoms with Gasteiger partial charge in [-0.2, -0.15) is 0 Å². The van der Waals surface area contributed by atoms with Crippen molar-refractivity contribution in [2.45, 2.75) is 10.8 Å². The zero-order chi connectivity index (χ0) is 43.7. The average Bonchev–Trinajstić information content (AvgIpc) is 4.09. The molecule has 10 aromatic carbocycles. The van der Waals surface area contributed by atoms with Gasteiger partial charge in [-0.3, -0.25) is 0 Å². The van der Waals surface area contributed by atoms with Crippen LogP contribution in [0.3, 0.4) is 0 Å². The maximum atomic E-state index is 2.58. The van der Waals surface area contributed by atoms with Crippen LogP contribution < -0.4 is 4.90 Å². The third-order valence-electron chi connectivity index (χ3n) is 14.3. The summed E-state index contributed by atoms with van der Waals surface area (Å²) in [5, 5.41) is 3.46. The molecule has 2 heteroatoms. The van der Waals surface area contributed by atoms with Gasteiger partial charge in [0.1, 0.15) is 0 Å². The van der Waals surface area contributed by atoms with Crippen molar-refractivity contribution in [1.29, 1.82) is 0 Å². The molecule has 1 heterocycles. The number of fused-ring (bicyclic) bond motifs is 7. The number of benzene rings is 10. The van der Waals surface area contributed by atoms with Crippen LogP contribution in [0.2, 0.25) is 0 Å². The Kier molecular flexibility index (Phi) is 8.91. The fourth-order valence-electron chi connectivity index (χ4n) is 11.7. The van der Waals surface area contributed by atoms with Gasteiger partial charge in [0.15, 0.2) is 0 Å². The van der Waals surface area contributed by atoms with E-state index in [4.69, 9.17) is 0 Å². The molecule has 0 radical (unpaired) electrons. The van der Waals surface area contributed by atoms with Crippen LogP contribution in [0.4, 0.5) is 17.1 Å². The monoisotopic (exact) mass is 857 g/mol. The van der Waals surface area contributed by atoms with E-state index in [1.807, 2.05) is 0 Å². The molecule has 0 N–H and O–H groups in total. The van der Waals surface area contributed by atoms with Crippen molar-refractivity contribution in [3.8, 4) is 33.4 Å². The van der Waals surface area contributed by atoms with Crippen molar-refractivity contribution in [3.63, 3.8) is 0 Å². The van der Waals surface area contributed by atoms with E-state index < -0.39 is 10.8 Å². The molecule has 0 aliphatic heterocycles. The molecular formula is C64H43NS. The van der Waals surface area contributed by atoms with Crippen LogP contribution in [-0.4, -0.2) is 0 Å². The second-order valence-corrected chi connectivity index (χ2v) is 18.5. The van der Waals surface area contributed by atoms with Crippen molar-refractivity contribution < 1.29 is 0 Å². The van der Waals surface area contributed by atoms with Gasteiger partial charge in [0.05, 0.1) is 22.2 Å². The molecule has 66 heavy (non-hydrogen) atoms. The summed E-state index contributed by atoms with van der Waals surface area (Å²) in [7, 11) is 0. The van der Waals surface area contributed by atoms with Crippen molar-refractivity contribution in [3.05, 3.63) is 305 Å². The van der Waals surface area contributed by atoms with E-state index in [1.54, 1.807) is 11.3 Å². The second kappa shape index (κ2) is 15.3. The number of nitrogens with zero attached hydrogens (tertiary/aromatic N) is 1. The second-order valence-electron chi connectivity index (χ2n) is 17.5. The van der Waals surface area contributed by atoms with Crippen molar-refractivity contribution >= 4 is 38.5 Å². The highest BCUT2D eigenvalue weighted by atomic mass is 32.1. The molecular weight excluding hydrogens is 815 g/mol. The first-order valence-electron chi connectivity index (χ1n) is 22.8. The van der Waals surface area contributed by atoms with Crippen LogP contribution in [0, 0.1) is 0 Å². The van der Waals surface area contributed by atoms with Crippen molar-refractivity contribution in [1.82, 2.24) is 0 Å². The molecule has 0 saturated heterocycles. The van der Waals surface area contributed by atoms with Crippen LogP contribution in [0.1, 0.15) is 44.5 Å². The Balaban J connectivity index is 1.14. The van der Waals surface area contributed by atoms with Gasteiger partial charge in [0, 0.05) is 21.5 Å². The van der Waals surface area contributed by atoms with Gasteiger partial charge in [0.25, 0.3) is 0 Å². The Labute approximate surface area is 390 Å². The normalized spacial score (nSPS) is 13.7. The molecule has 0 atom stereocenters. The van der Waals surface area contributed by atoms with Gasteiger partial charge in [0.2, 0.25) is 0 Å². The summed E-state index contributed by atoms with van der Waals surface area (Å²) in [6.07, 6.45) is 0. The summed E-state index contributed by atoms with van der Waals surface area (Å²) in [5.41, 5.74) is 19.7. The summed E-state index contributed by atoms with van der Waals surface area (Å²) >= 11 is 1.79. The minimum Gasteiger partial charge on any atom is -0.310 e. The van der Waals surface area contributed by atoms with Gasteiger partial charge >= 0.3 is 0 Å². The Hall–Kier alpha value is -8.04. The Morgan fingerprint density at radius 2 is 0.818 bits per heavy atom. The zero-order valence-corrected chi connectivity index (χ0v) is 37.0. The number of hydrogen-bond acceptors (Lipinski definition) is 2. The molecule has 0 unspecified atom stereocenters. The molecule has 11 aromatic rings. The van der Waals surface area contributed by atoms with E-state index >= 15 is 0 Å². The smallest absolute Gasteiger partial charge is 0.0734 e. The Morgan fingerprint density at radius 1 is 0.333 bits per heavy atom. The highest BCUT2D eigenvalue weighted by molar-refractivity contribution is 7.17. The first-order chi connectivity index (χ1) is 32.8. The maximum Gasteiger partial charge on any atom is 0.0734 e. The fourth-order valence-corrected chi connectivity index (χ4v) is 12.5. The molecule has 2 aliphatic rings. The molecule has 0 bridgehead atoms. The lowest BCUT2D eigenvalue weighted by Crippen LogP contribution is -2.30. The predicted octanol–water partition coefficient (Wildman–Crippen LogP) is 16.8. The van der Waals surface area contributed by atoms with E-state index in [0.29, 0.717) is 0 Å². The largest absolute Gasteiger partial charge is 0.310 e. The van der Waals surface area contributed by atoms with Crippen molar-refractivity contribution in [2.75, 3.05) is 4.90 Å². The zero-order valence-electron chi connectivity index (χ0n) is 36.2. The summed E-state index contributed by atoms with van der Waals surface area (Å²) in [6, 6.07) is 95.1. The average molecular weight is 858 g/mol.